The molecule has 0 saturated carbocycles. The van der Waals surface area contributed by atoms with E-state index in [9.17, 15) is 4.79 Å². The van der Waals surface area contributed by atoms with Gasteiger partial charge in [0.25, 0.3) is 0 Å². The van der Waals surface area contributed by atoms with Crippen LogP contribution in [-0.4, -0.2) is 25.0 Å². The third-order valence-electron chi connectivity index (χ3n) is 4.84. The number of amides is 1. The van der Waals surface area contributed by atoms with Gasteiger partial charge in [0.2, 0.25) is 5.91 Å². The SMILES string of the molecule is CC1CCNCC1NC(=O)C1CCCc2ccccc21. The maximum Gasteiger partial charge on any atom is 0.227 e. The largest absolute Gasteiger partial charge is 0.351 e. The van der Waals surface area contributed by atoms with Gasteiger partial charge in [-0.25, -0.2) is 0 Å². The minimum Gasteiger partial charge on any atom is -0.351 e. The van der Waals surface area contributed by atoms with Crippen molar-refractivity contribution in [3.63, 3.8) is 0 Å². The van der Waals surface area contributed by atoms with Crippen LogP contribution in [-0.2, 0) is 11.2 Å². The normalized spacial score (nSPS) is 29.6. The van der Waals surface area contributed by atoms with Gasteiger partial charge in [0.1, 0.15) is 0 Å². The van der Waals surface area contributed by atoms with Gasteiger partial charge in [0.15, 0.2) is 0 Å². The van der Waals surface area contributed by atoms with Crippen molar-refractivity contribution >= 4 is 5.91 Å². The number of fused-ring (bicyclic) bond motifs is 1. The fourth-order valence-corrected chi connectivity index (χ4v) is 3.49. The molecule has 1 aliphatic heterocycles. The molecule has 1 aliphatic carbocycles. The zero-order valence-electron chi connectivity index (χ0n) is 12.2. The summed E-state index contributed by atoms with van der Waals surface area (Å²) in [7, 11) is 0. The fourth-order valence-electron chi connectivity index (χ4n) is 3.49. The van der Waals surface area contributed by atoms with Gasteiger partial charge < -0.3 is 10.6 Å². The number of piperidine rings is 1. The van der Waals surface area contributed by atoms with E-state index >= 15 is 0 Å². The number of rotatable bonds is 2. The van der Waals surface area contributed by atoms with Crippen LogP contribution < -0.4 is 10.6 Å². The summed E-state index contributed by atoms with van der Waals surface area (Å²) >= 11 is 0. The molecule has 2 aliphatic rings. The summed E-state index contributed by atoms with van der Waals surface area (Å²) in [5.74, 6) is 0.839. The van der Waals surface area contributed by atoms with E-state index in [1.165, 1.54) is 11.1 Å². The van der Waals surface area contributed by atoms with Crippen LogP contribution in [0.4, 0.5) is 0 Å². The van der Waals surface area contributed by atoms with E-state index in [1.54, 1.807) is 0 Å². The summed E-state index contributed by atoms with van der Waals surface area (Å²) in [5.41, 5.74) is 2.60. The van der Waals surface area contributed by atoms with E-state index in [4.69, 9.17) is 0 Å². The minimum absolute atomic E-state index is 0.0501. The molecular weight excluding hydrogens is 248 g/mol. The molecular formula is C17H24N2O. The van der Waals surface area contributed by atoms with Gasteiger partial charge in [-0.2, -0.15) is 0 Å². The van der Waals surface area contributed by atoms with Crippen molar-refractivity contribution in [3.05, 3.63) is 35.4 Å². The molecule has 1 fully saturated rings. The first kappa shape index (κ1) is 13.6. The Morgan fingerprint density at radius 3 is 3.00 bits per heavy atom. The van der Waals surface area contributed by atoms with Crippen molar-refractivity contribution in [3.8, 4) is 0 Å². The lowest BCUT2D eigenvalue weighted by atomic mass is 9.82. The van der Waals surface area contributed by atoms with Crippen molar-refractivity contribution < 1.29 is 4.79 Å². The Balaban J connectivity index is 1.72. The van der Waals surface area contributed by atoms with Crippen molar-refractivity contribution in [1.29, 1.82) is 0 Å². The van der Waals surface area contributed by atoms with E-state index in [0.717, 1.165) is 38.8 Å². The van der Waals surface area contributed by atoms with Gasteiger partial charge in [-0.3, -0.25) is 4.79 Å². The van der Waals surface area contributed by atoms with Gasteiger partial charge in [-0.1, -0.05) is 31.2 Å². The topological polar surface area (TPSA) is 41.1 Å². The van der Waals surface area contributed by atoms with Gasteiger partial charge >= 0.3 is 0 Å². The Labute approximate surface area is 121 Å². The Morgan fingerprint density at radius 1 is 1.30 bits per heavy atom. The number of benzene rings is 1. The second-order valence-corrected chi connectivity index (χ2v) is 6.23. The van der Waals surface area contributed by atoms with Gasteiger partial charge in [0.05, 0.1) is 5.92 Å². The summed E-state index contributed by atoms with van der Waals surface area (Å²) < 4.78 is 0. The highest BCUT2D eigenvalue weighted by Crippen LogP contribution is 2.31. The highest BCUT2D eigenvalue weighted by atomic mass is 16.2. The lowest BCUT2D eigenvalue weighted by Gasteiger charge is -2.32. The first-order valence-corrected chi connectivity index (χ1v) is 7.84. The predicted molar refractivity (Wildman–Crippen MR) is 80.7 cm³/mol. The third kappa shape index (κ3) is 2.73. The van der Waals surface area contributed by atoms with E-state index in [-0.39, 0.29) is 17.9 Å². The minimum atomic E-state index is 0.0501. The third-order valence-corrected chi connectivity index (χ3v) is 4.84. The Kier molecular flexibility index (Phi) is 4.06. The maximum atomic E-state index is 12.6. The molecule has 0 aromatic heterocycles. The van der Waals surface area contributed by atoms with E-state index in [1.807, 2.05) is 0 Å². The molecule has 108 valence electrons. The number of hydrogen-bond donors (Lipinski definition) is 2. The quantitative estimate of drug-likeness (QED) is 0.867. The lowest BCUT2D eigenvalue weighted by Crippen LogP contribution is -2.51. The van der Waals surface area contributed by atoms with Crippen LogP contribution in [0.1, 0.15) is 43.2 Å². The summed E-state index contributed by atoms with van der Waals surface area (Å²) in [5, 5.41) is 6.66. The Morgan fingerprint density at radius 2 is 2.15 bits per heavy atom. The van der Waals surface area contributed by atoms with Crippen LogP contribution >= 0.6 is 0 Å². The molecule has 3 atom stereocenters. The fraction of sp³-hybridized carbons (Fsp3) is 0.588. The van der Waals surface area contributed by atoms with Crippen molar-refractivity contribution in [2.24, 2.45) is 5.92 Å². The van der Waals surface area contributed by atoms with Crippen molar-refractivity contribution in [2.45, 2.75) is 44.6 Å². The van der Waals surface area contributed by atoms with Crippen LogP contribution in [0.25, 0.3) is 0 Å². The maximum absolute atomic E-state index is 12.6. The molecule has 1 amide bonds. The van der Waals surface area contributed by atoms with Gasteiger partial charge in [-0.15, -0.1) is 0 Å². The van der Waals surface area contributed by atoms with E-state index < -0.39 is 0 Å². The number of nitrogens with one attached hydrogen (secondary N) is 2. The molecule has 2 N–H and O–H groups in total. The number of hydrogen-bond acceptors (Lipinski definition) is 2. The smallest absolute Gasteiger partial charge is 0.227 e. The Hall–Kier alpha value is -1.35. The molecule has 1 aromatic carbocycles. The van der Waals surface area contributed by atoms with Crippen LogP contribution in [0.2, 0.25) is 0 Å². The van der Waals surface area contributed by atoms with Gasteiger partial charge in [-0.05, 0) is 49.3 Å². The standard InChI is InChI=1S/C17H24N2O/c1-12-9-10-18-11-16(12)19-17(20)15-8-4-6-13-5-2-3-7-14(13)15/h2-3,5,7,12,15-16,18H,4,6,8-11H2,1H3,(H,19,20). The van der Waals surface area contributed by atoms with E-state index in [2.05, 4.69) is 41.8 Å². The number of aryl methyl sites for hydroxylation is 1. The zero-order chi connectivity index (χ0) is 13.9. The van der Waals surface area contributed by atoms with Crippen molar-refractivity contribution in [2.75, 3.05) is 13.1 Å². The summed E-state index contributed by atoms with van der Waals surface area (Å²) in [6.45, 7) is 4.21. The number of carbonyl (C=O) groups is 1. The monoisotopic (exact) mass is 272 g/mol. The molecule has 0 spiro atoms. The zero-order valence-corrected chi connectivity index (χ0v) is 12.2. The molecule has 1 aromatic rings. The molecule has 3 rings (SSSR count). The first-order valence-electron chi connectivity index (χ1n) is 7.84. The van der Waals surface area contributed by atoms with Crippen LogP contribution in [0.5, 0.6) is 0 Å². The highest BCUT2D eigenvalue weighted by Gasteiger charge is 2.29. The van der Waals surface area contributed by atoms with Crippen LogP contribution in [0.3, 0.4) is 0 Å². The molecule has 1 saturated heterocycles. The summed E-state index contributed by atoms with van der Waals surface area (Å²) in [6, 6.07) is 8.70. The number of carbonyl (C=O) groups excluding carboxylic acids is 1. The average Bonchev–Trinajstić information content (AvgIpc) is 2.49. The average molecular weight is 272 g/mol. The molecule has 3 unspecified atom stereocenters. The molecule has 20 heavy (non-hydrogen) atoms. The molecule has 3 nitrogen and oxygen atoms in total. The molecule has 0 bridgehead atoms. The van der Waals surface area contributed by atoms with E-state index in [0.29, 0.717) is 5.92 Å². The van der Waals surface area contributed by atoms with Crippen LogP contribution in [0, 0.1) is 5.92 Å². The van der Waals surface area contributed by atoms with Crippen molar-refractivity contribution in [1.82, 2.24) is 10.6 Å². The van der Waals surface area contributed by atoms with Crippen LogP contribution in [0.15, 0.2) is 24.3 Å². The molecule has 1 heterocycles. The van der Waals surface area contributed by atoms with Gasteiger partial charge in [0, 0.05) is 12.6 Å². The first-order chi connectivity index (χ1) is 9.75. The summed E-state index contributed by atoms with van der Waals surface area (Å²) in [6.07, 6.45) is 4.36. The second kappa shape index (κ2) is 5.96. The molecule has 3 heteroatoms. The lowest BCUT2D eigenvalue weighted by molar-refractivity contribution is -0.124. The Bertz CT molecular complexity index is 486. The highest BCUT2D eigenvalue weighted by molar-refractivity contribution is 5.84. The molecule has 0 radical (unpaired) electrons. The summed E-state index contributed by atoms with van der Waals surface area (Å²) in [4.78, 5) is 12.6. The second-order valence-electron chi connectivity index (χ2n) is 6.23. The predicted octanol–water partition coefficient (Wildman–Crippen LogP) is 2.22.